The van der Waals surface area contributed by atoms with Crippen LogP contribution in [0.3, 0.4) is 0 Å². The van der Waals surface area contributed by atoms with E-state index in [4.69, 9.17) is 4.74 Å². The second-order valence-corrected chi connectivity index (χ2v) is 9.55. The molecule has 3 fully saturated rings. The van der Waals surface area contributed by atoms with Gasteiger partial charge in [0, 0.05) is 25.2 Å². The molecule has 3 aliphatic carbocycles. The Bertz CT molecular complexity index is 1120. The first kappa shape index (κ1) is 23.9. The Morgan fingerprint density at radius 2 is 1.89 bits per heavy atom. The van der Waals surface area contributed by atoms with Crippen LogP contribution >= 0.6 is 0 Å². The number of carbonyl (C=O) groups is 3. The second-order valence-electron chi connectivity index (χ2n) is 9.55. The molecule has 1 atom stereocenters. The summed E-state index contributed by atoms with van der Waals surface area (Å²) in [6.45, 7) is 0.124. The molecule has 1 unspecified atom stereocenters. The minimum Gasteiger partial charge on any atom is -0.409 e. The summed E-state index contributed by atoms with van der Waals surface area (Å²) in [5, 5.41) is 6.31. The van der Waals surface area contributed by atoms with E-state index in [1.54, 1.807) is 21.7 Å². The van der Waals surface area contributed by atoms with Gasteiger partial charge in [-0.3, -0.25) is 19.4 Å². The van der Waals surface area contributed by atoms with Crippen LogP contribution in [0.25, 0.3) is 0 Å². The van der Waals surface area contributed by atoms with Gasteiger partial charge in [0.2, 0.25) is 12.4 Å². The minimum absolute atomic E-state index is 0.0168. The van der Waals surface area contributed by atoms with E-state index in [2.05, 4.69) is 27.5 Å². The Morgan fingerprint density at radius 3 is 2.47 bits per heavy atom. The van der Waals surface area contributed by atoms with Gasteiger partial charge in [0.1, 0.15) is 11.5 Å². The lowest BCUT2D eigenvalue weighted by Crippen LogP contribution is -2.46. The molecule has 36 heavy (non-hydrogen) atoms. The van der Waals surface area contributed by atoms with Crippen LogP contribution in [0.2, 0.25) is 0 Å². The molecule has 0 spiro atoms. The summed E-state index contributed by atoms with van der Waals surface area (Å²) in [5.41, 5.74) is 0.335. The van der Waals surface area contributed by atoms with Crippen LogP contribution in [0.15, 0.2) is 29.8 Å². The average Bonchev–Trinajstić information content (AvgIpc) is 3.76. The zero-order valence-corrected chi connectivity index (χ0v) is 20.1. The van der Waals surface area contributed by atoms with Gasteiger partial charge in [0.25, 0.3) is 5.91 Å². The Labute approximate surface area is 208 Å². The summed E-state index contributed by atoms with van der Waals surface area (Å²) in [4.78, 5) is 46.0. The normalized spacial score (nSPS) is 20.8. The number of nitrogens with zero attached hydrogens (tertiary/aromatic N) is 4. The fourth-order valence-corrected chi connectivity index (χ4v) is 4.23. The van der Waals surface area contributed by atoms with Crippen molar-refractivity contribution in [2.24, 2.45) is 0 Å². The van der Waals surface area contributed by atoms with E-state index in [1.807, 2.05) is 0 Å². The van der Waals surface area contributed by atoms with Crippen LogP contribution < -0.4 is 15.4 Å². The second kappa shape index (κ2) is 10.0. The molecule has 2 N–H and O–H groups in total. The van der Waals surface area contributed by atoms with Gasteiger partial charge in [-0.15, -0.1) is 0 Å². The van der Waals surface area contributed by atoms with Gasteiger partial charge in [0.05, 0.1) is 12.7 Å². The molecule has 5 rings (SSSR count). The van der Waals surface area contributed by atoms with E-state index in [1.165, 1.54) is 6.07 Å². The van der Waals surface area contributed by atoms with Gasteiger partial charge in [-0.2, -0.15) is 4.39 Å². The highest BCUT2D eigenvalue weighted by molar-refractivity contribution is 5.94. The largest absolute Gasteiger partial charge is 0.416 e. The highest BCUT2D eigenvalue weighted by Crippen LogP contribution is 2.32. The summed E-state index contributed by atoms with van der Waals surface area (Å²) < 4.78 is 18.4. The van der Waals surface area contributed by atoms with Crippen LogP contribution in [0.1, 0.15) is 44.9 Å². The standard InChI is InChI=1S/C25H29FN6O4/c1-30(16-7-8-16)24(34)22-23(32(15-33)18-9-10-18)29-21(28-22)6-3-13-31(17-4-2-5-17)25(35)36-19-11-12-20(26)27-14-19/h11-12,14-18,21,28-29H,2,4-5,7-10,13H2,1H3. The number of amides is 3. The van der Waals surface area contributed by atoms with Gasteiger partial charge >= 0.3 is 6.09 Å². The smallest absolute Gasteiger partial charge is 0.409 e. The monoisotopic (exact) mass is 496 g/mol. The van der Waals surface area contributed by atoms with Crippen molar-refractivity contribution >= 4 is 18.4 Å². The molecule has 2 heterocycles. The maximum atomic E-state index is 13.1. The fraction of sp³-hybridized carbons (Fsp3) is 0.520. The fourth-order valence-electron chi connectivity index (χ4n) is 4.23. The molecule has 10 nitrogen and oxygen atoms in total. The molecule has 11 heteroatoms. The number of rotatable bonds is 8. The molecule has 0 bridgehead atoms. The van der Waals surface area contributed by atoms with Crippen molar-refractivity contribution < 1.29 is 23.5 Å². The van der Waals surface area contributed by atoms with Crippen LogP contribution in [0.4, 0.5) is 9.18 Å². The summed E-state index contributed by atoms with van der Waals surface area (Å²) in [6, 6.07) is 2.80. The number of aromatic nitrogens is 1. The highest BCUT2D eigenvalue weighted by atomic mass is 19.1. The number of pyridine rings is 1. The zero-order valence-electron chi connectivity index (χ0n) is 20.1. The molecule has 3 amide bonds. The lowest BCUT2D eigenvalue weighted by Gasteiger charge is -2.35. The van der Waals surface area contributed by atoms with Gasteiger partial charge in [0.15, 0.2) is 11.9 Å². The van der Waals surface area contributed by atoms with Crippen molar-refractivity contribution in [3.05, 3.63) is 35.8 Å². The highest BCUT2D eigenvalue weighted by Gasteiger charge is 2.40. The summed E-state index contributed by atoms with van der Waals surface area (Å²) in [7, 11) is 1.77. The topological polar surface area (TPSA) is 107 Å². The van der Waals surface area contributed by atoms with Gasteiger partial charge in [-0.05, 0) is 57.1 Å². The van der Waals surface area contributed by atoms with Crippen molar-refractivity contribution in [1.29, 1.82) is 0 Å². The van der Waals surface area contributed by atoms with Gasteiger partial charge in [-0.25, -0.2) is 9.78 Å². The zero-order chi connectivity index (χ0) is 25.2. The van der Waals surface area contributed by atoms with E-state index < -0.39 is 18.2 Å². The molecule has 0 radical (unpaired) electrons. The lowest BCUT2D eigenvalue weighted by atomic mass is 9.92. The van der Waals surface area contributed by atoms with Crippen LogP contribution in [0.5, 0.6) is 5.75 Å². The van der Waals surface area contributed by atoms with Crippen LogP contribution in [-0.4, -0.2) is 76.0 Å². The Balaban J connectivity index is 1.26. The molecule has 190 valence electrons. The number of nitrogens with one attached hydrogen (secondary N) is 2. The first-order chi connectivity index (χ1) is 17.4. The third-order valence-corrected chi connectivity index (χ3v) is 6.90. The van der Waals surface area contributed by atoms with Crippen LogP contribution in [-0.2, 0) is 9.59 Å². The molecular formula is C25H29FN6O4. The Kier molecular flexibility index (Phi) is 6.67. The molecule has 0 aromatic carbocycles. The average molecular weight is 497 g/mol. The van der Waals surface area contributed by atoms with Crippen molar-refractivity contribution in [2.75, 3.05) is 13.6 Å². The molecule has 0 saturated heterocycles. The van der Waals surface area contributed by atoms with E-state index in [0.717, 1.165) is 63.6 Å². The Morgan fingerprint density at radius 1 is 1.14 bits per heavy atom. The lowest BCUT2D eigenvalue weighted by molar-refractivity contribution is -0.126. The summed E-state index contributed by atoms with van der Waals surface area (Å²) in [6.07, 6.45) is 7.20. The van der Waals surface area contributed by atoms with E-state index >= 15 is 0 Å². The van der Waals surface area contributed by atoms with E-state index in [0.29, 0.717) is 11.5 Å². The third kappa shape index (κ3) is 5.22. The van der Waals surface area contributed by atoms with E-state index in [-0.39, 0.29) is 36.3 Å². The number of ether oxygens (including phenoxy) is 1. The first-order valence-electron chi connectivity index (χ1n) is 12.3. The molecule has 1 aromatic rings. The van der Waals surface area contributed by atoms with E-state index in [9.17, 15) is 18.8 Å². The number of likely N-dealkylation sites (N-methyl/N-ethyl adjacent to an activating group) is 1. The maximum Gasteiger partial charge on any atom is 0.416 e. The first-order valence-corrected chi connectivity index (χ1v) is 12.3. The number of carbonyl (C=O) groups excluding carboxylic acids is 3. The third-order valence-electron chi connectivity index (χ3n) is 6.90. The van der Waals surface area contributed by atoms with Gasteiger partial charge in [-0.1, -0.05) is 11.8 Å². The molecule has 3 saturated carbocycles. The number of halogens is 1. The van der Waals surface area contributed by atoms with Crippen molar-refractivity contribution in [1.82, 2.24) is 30.3 Å². The predicted octanol–water partition coefficient (Wildman–Crippen LogP) is 1.51. The molecule has 1 aromatic heterocycles. The number of hydrogen-bond acceptors (Lipinski definition) is 7. The number of hydrogen-bond donors (Lipinski definition) is 2. The SMILES string of the molecule is CN(C(=O)C1=C(N(C=O)C2CC2)NC(C#CCN(C(=O)Oc2ccc(F)nc2)C2CCC2)N1)C1CC1. The van der Waals surface area contributed by atoms with Crippen molar-refractivity contribution in [3.63, 3.8) is 0 Å². The molecule has 1 aliphatic heterocycles. The van der Waals surface area contributed by atoms with Gasteiger partial charge < -0.3 is 20.3 Å². The van der Waals surface area contributed by atoms with Crippen molar-refractivity contribution in [3.8, 4) is 17.6 Å². The minimum atomic E-state index is -0.655. The molecule has 4 aliphatic rings. The summed E-state index contributed by atoms with van der Waals surface area (Å²) in [5.74, 6) is 5.83. The van der Waals surface area contributed by atoms with Crippen molar-refractivity contribution in [2.45, 2.75) is 69.2 Å². The Hall–Kier alpha value is -3.81. The maximum absolute atomic E-state index is 13.1. The summed E-state index contributed by atoms with van der Waals surface area (Å²) >= 11 is 0. The predicted molar refractivity (Wildman–Crippen MR) is 126 cm³/mol. The quantitative estimate of drug-likeness (QED) is 0.319. The molecular weight excluding hydrogens is 467 g/mol. The van der Waals surface area contributed by atoms with Crippen LogP contribution in [0, 0.1) is 17.8 Å².